The first kappa shape index (κ1) is 19.2. The lowest BCUT2D eigenvalue weighted by Gasteiger charge is -2.17. The predicted molar refractivity (Wildman–Crippen MR) is 114 cm³/mol. The van der Waals surface area contributed by atoms with E-state index in [2.05, 4.69) is 45.5 Å². The fourth-order valence-corrected chi connectivity index (χ4v) is 3.79. The van der Waals surface area contributed by atoms with Crippen LogP contribution in [0, 0.1) is 0 Å². The lowest BCUT2D eigenvalue weighted by atomic mass is 10.0. The third-order valence-corrected chi connectivity index (χ3v) is 5.31. The molecule has 1 saturated heterocycles. The zero-order valence-corrected chi connectivity index (χ0v) is 16.5. The highest BCUT2D eigenvalue weighted by atomic mass is 16.5. The molecular formula is C24H25N3O2. The van der Waals surface area contributed by atoms with E-state index in [0.29, 0.717) is 5.56 Å². The predicted octanol–water partition coefficient (Wildman–Crippen LogP) is 3.76. The summed E-state index contributed by atoms with van der Waals surface area (Å²) in [5.41, 5.74) is 4.12. The highest BCUT2D eigenvalue weighted by molar-refractivity contribution is 5.94. The Morgan fingerprint density at radius 2 is 1.97 bits per heavy atom. The van der Waals surface area contributed by atoms with Crippen molar-refractivity contribution in [3.05, 3.63) is 84.2 Å². The van der Waals surface area contributed by atoms with Gasteiger partial charge in [-0.05, 0) is 35.7 Å². The summed E-state index contributed by atoms with van der Waals surface area (Å²) >= 11 is 0. The minimum Gasteiger partial charge on any atom is -0.496 e. The second-order valence-corrected chi connectivity index (χ2v) is 7.33. The highest BCUT2D eigenvalue weighted by Crippen LogP contribution is 2.29. The number of ether oxygens (including phenoxy) is 1. The van der Waals surface area contributed by atoms with Gasteiger partial charge in [0.1, 0.15) is 5.75 Å². The normalized spacial score (nSPS) is 16.5. The minimum atomic E-state index is -0.0499. The van der Waals surface area contributed by atoms with Gasteiger partial charge in [-0.25, -0.2) is 0 Å². The van der Waals surface area contributed by atoms with Gasteiger partial charge in [-0.3, -0.25) is 14.7 Å². The largest absolute Gasteiger partial charge is 0.496 e. The molecule has 29 heavy (non-hydrogen) atoms. The average molecular weight is 387 g/mol. The van der Waals surface area contributed by atoms with Crippen molar-refractivity contribution in [3.8, 4) is 16.9 Å². The Hall–Kier alpha value is -3.18. The van der Waals surface area contributed by atoms with Crippen LogP contribution >= 0.6 is 0 Å². The van der Waals surface area contributed by atoms with Crippen molar-refractivity contribution in [2.24, 2.45) is 0 Å². The molecule has 1 aliphatic heterocycles. The molecule has 3 aromatic rings. The molecule has 0 bridgehead atoms. The third-order valence-electron chi connectivity index (χ3n) is 5.31. The van der Waals surface area contributed by atoms with Gasteiger partial charge in [0, 0.05) is 43.6 Å². The van der Waals surface area contributed by atoms with Crippen LogP contribution in [0.4, 0.5) is 0 Å². The molecular weight excluding hydrogens is 362 g/mol. The van der Waals surface area contributed by atoms with E-state index in [4.69, 9.17) is 4.74 Å². The Balaban J connectivity index is 1.34. The molecule has 1 fully saturated rings. The van der Waals surface area contributed by atoms with E-state index < -0.39 is 0 Å². The number of nitrogens with one attached hydrogen (secondary N) is 1. The van der Waals surface area contributed by atoms with Crippen LogP contribution in [0.2, 0.25) is 0 Å². The number of rotatable bonds is 6. The number of benzene rings is 2. The van der Waals surface area contributed by atoms with Crippen LogP contribution in [0.5, 0.6) is 5.75 Å². The van der Waals surface area contributed by atoms with Crippen LogP contribution in [0.3, 0.4) is 0 Å². The molecule has 1 atom stereocenters. The van der Waals surface area contributed by atoms with Crippen LogP contribution in [0.1, 0.15) is 22.3 Å². The Morgan fingerprint density at radius 3 is 2.72 bits per heavy atom. The molecule has 1 amide bonds. The van der Waals surface area contributed by atoms with E-state index in [1.807, 2.05) is 18.2 Å². The van der Waals surface area contributed by atoms with Crippen molar-refractivity contribution in [2.75, 3.05) is 20.2 Å². The van der Waals surface area contributed by atoms with Crippen molar-refractivity contribution in [1.82, 2.24) is 15.2 Å². The molecule has 1 unspecified atom stereocenters. The number of methoxy groups -OCH3 is 1. The highest BCUT2D eigenvalue weighted by Gasteiger charge is 2.24. The van der Waals surface area contributed by atoms with E-state index in [-0.39, 0.29) is 11.9 Å². The first-order valence-corrected chi connectivity index (χ1v) is 9.88. The summed E-state index contributed by atoms with van der Waals surface area (Å²) in [6.07, 6.45) is 4.24. The Bertz CT molecular complexity index is 957. The summed E-state index contributed by atoms with van der Waals surface area (Å²) in [7, 11) is 1.70. The number of pyridine rings is 1. The molecule has 1 aromatic heterocycles. The smallest absolute Gasteiger partial charge is 0.253 e. The second kappa shape index (κ2) is 8.88. The molecule has 2 aromatic carbocycles. The second-order valence-electron chi connectivity index (χ2n) is 7.33. The number of carbonyl (C=O) groups excluding carboxylic acids is 1. The molecule has 148 valence electrons. The van der Waals surface area contributed by atoms with E-state index >= 15 is 0 Å². The molecule has 4 rings (SSSR count). The Labute approximate surface area is 171 Å². The number of likely N-dealkylation sites (tertiary alicyclic amines) is 1. The van der Waals surface area contributed by atoms with Gasteiger partial charge in [0.25, 0.3) is 5.91 Å². The summed E-state index contributed by atoms with van der Waals surface area (Å²) < 4.78 is 5.47. The van der Waals surface area contributed by atoms with Gasteiger partial charge in [0.05, 0.1) is 12.7 Å². The number of aromatic nitrogens is 1. The fourth-order valence-electron chi connectivity index (χ4n) is 3.79. The van der Waals surface area contributed by atoms with Gasteiger partial charge in [-0.1, -0.05) is 42.5 Å². The summed E-state index contributed by atoms with van der Waals surface area (Å²) in [5.74, 6) is 0.832. The van der Waals surface area contributed by atoms with Crippen molar-refractivity contribution >= 4 is 5.91 Å². The lowest BCUT2D eigenvalue weighted by molar-refractivity contribution is 0.0937. The molecule has 5 nitrogen and oxygen atoms in total. The van der Waals surface area contributed by atoms with Crippen LogP contribution < -0.4 is 10.1 Å². The van der Waals surface area contributed by atoms with E-state index in [1.54, 1.807) is 31.6 Å². The van der Waals surface area contributed by atoms with Crippen LogP contribution in [-0.4, -0.2) is 42.0 Å². The van der Waals surface area contributed by atoms with Crippen molar-refractivity contribution in [2.45, 2.75) is 19.0 Å². The zero-order valence-electron chi connectivity index (χ0n) is 16.5. The Kier molecular flexibility index (Phi) is 5.86. The number of para-hydroxylation sites is 1. The molecule has 0 aliphatic carbocycles. The van der Waals surface area contributed by atoms with Gasteiger partial charge in [-0.2, -0.15) is 0 Å². The quantitative estimate of drug-likeness (QED) is 0.700. The number of hydrogen-bond donors (Lipinski definition) is 1. The van der Waals surface area contributed by atoms with Gasteiger partial charge in [-0.15, -0.1) is 0 Å². The molecule has 1 N–H and O–H groups in total. The maximum Gasteiger partial charge on any atom is 0.253 e. The molecule has 1 aliphatic rings. The molecule has 2 heterocycles. The summed E-state index contributed by atoms with van der Waals surface area (Å²) in [4.78, 5) is 18.7. The number of nitrogens with zero attached hydrogens (tertiary/aromatic N) is 2. The van der Waals surface area contributed by atoms with Crippen molar-refractivity contribution < 1.29 is 9.53 Å². The van der Waals surface area contributed by atoms with Crippen LogP contribution in [0.15, 0.2) is 73.1 Å². The van der Waals surface area contributed by atoms with Crippen LogP contribution in [-0.2, 0) is 6.54 Å². The third kappa shape index (κ3) is 4.63. The molecule has 0 spiro atoms. The summed E-state index contributed by atoms with van der Waals surface area (Å²) in [5, 5.41) is 3.12. The lowest BCUT2D eigenvalue weighted by Crippen LogP contribution is -2.37. The average Bonchev–Trinajstić information content (AvgIpc) is 3.21. The number of amides is 1. The summed E-state index contributed by atoms with van der Waals surface area (Å²) in [6, 6.07) is 20.4. The molecule has 0 saturated carbocycles. The first-order valence-electron chi connectivity index (χ1n) is 9.88. The van der Waals surface area contributed by atoms with Gasteiger partial charge < -0.3 is 10.1 Å². The molecule has 0 radical (unpaired) electrons. The van der Waals surface area contributed by atoms with Crippen molar-refractivity contribution in [1.29, 1.82) is 0 Å². The fraction of sp³-hybridized carbons (Fsp3) is 0.250. The number of carbonyl (C=O) groups is 1. The van der Waals surface area contributed by atoms with Gasteiger partial charge in [0.2, 0.25) is 0 Å². The van der Waals surface area contributed by atoms with Crippen LogP contribution in [0.25, 0.3) is 11.1 Å². The topological polar surface area (TPSA) is 54.5 Å². The van der Waals surface area contributed by atoms with Gasteiger partial charge in [0.15, 0.2) is 0 Å². The van der Waals surface area contributed by atoms with E-state index in [0.717, 1.165) is 42.9 Å². The minimum absolute atomic E-state index is 0.0499. The Morgan fingerprint density at radius 1 is 1.14 bits per heavy atom. The van der Waals surface area contributed by atoms with E-state index in [1.165, 1.54) is 5.56 Å². The maximum absolute atomic E-state index is 12.3. The van der Waals surface area contributed by atoms with E-state index in [9.17, 15) is 4.79 Å². The first-order chi connectivity index (χ1) is 14.2. The molecule has 5 heteroatoms. The zero-order chi connectivity index (χ0) is 20.1. The summed E-state index contributed by atoms with van der Waals surface area (Å²) in [6.45, 7) is 2.72. The monoisotopic (exact) mass is 387 g/mol. The van der Waals surface area contributed by atoms with Gasteiger partial charge >= 0.3 is 0 Å². The maximum atomic E-state index is 12.3. The SMILES string of the molecule is COc1ccccc1-c1ccc(CN2CCC(NC(=O)c3cccnc3)C2)cc1. The standard InChI is InChI=1S/C24H25N3O2/c1-29-23-7-3-2-6-22(23)19-10-8-18(9-11-19)16-27-14-12-21(17-27)26-24(28)20-5-4-13-25-15-20/h2-11,13,15,21H,12,14,16-17H2,1H3,(H,26,28). The van der Waals surface area contributed by atoms with Crippen molar-refractivity contribution in [3.63, 3.8) is 0 Å². The number of hydrogen-bond acceptors (Lipinski definition) is 4.